The summed E-state index contributed by atoms with van der Waals surface area (Å²) in [6.45, 7) is 7.15. The molecule has 0 aliphatic rings. The van der Waals surface area contributed by atoms with E-state index in [9.17, 15) is 48.9 Å². The summed E-state index contributed by atoms with van der Waals surface area (Å²) < 4.78 is 0. The standard InChI is InChI=1S/C27H48N6O11/c1-6-13(2)20(31-23(39)17(29-16(5)36)10-11-19(37)38)24(40)32-22(15(4)35)26(42)33-21(14(3)34)25(41)30-18(27(43)44)9-7-8-12-28/h13-15,17-18,20-22,34-35H,6-12,28H2,1-5H3,(H,29,36)(H,30,41)(H,31,39)(H,32,40)(H,33,42)(H,37,38)(H,43,44)/t13-,14+,15+,17-,18-,20-,21-,22-/m0/s1. The Kier molecular flexibility index (Phi) is 18.4. The summed E-state index contributed by atoms with van der Waals surface area (Å²) >= 11 is 0. The minimum Gasteiger partial charge on any atom is -0.481 e. The predicted molar refractivity (Wildman–Crippen MR) is 156 cm³/mol. The third-order valence-corrected chi connectivity index (χ3v) is 6.82. The second-order valence-electron chi connectivity index (χ2n) is 10.7. The Balaban J connectivity index is 5.86. The molecule has 0 aliphatic carbocycles. The first-order valence-electron chi connectivity index (χ1n) is 14.5. The number of carbonyl (C=O) groups is 7. The van der Waals surface area contributed by atoms with Crippen LogP contribution in [0.5, 0.6) is 0 Å². The molecule has 252 valence electrons. The highest BCUT2D eigenvalue weighted by Crippen LogP contribution is 2.11. The van der Waals surface area contributed by atoms with Crippen LogP contribution in [0.3, 0.4) is 0 Å². The minimum atomic E-state index is -1.68. The Morgan fingerprint density at radius 2 is 1.14 bits per heavy atom. The number of carboxylic acid groups (broad SMARTS) is 2. The van der Waals surface area contributed by atoms with Gasteiger partial charge in [0, 0.05) is 13.3 Å². The zero-order valence-corrected chi connectivity index (χ0v) is 25.8. The third-order valence-electron chi connectivity index (χ3n) is 6.82. The molecule has 0 aromatic heterocycles. The fourth-order valence-electron chi connectivity index (χ4n) is 4.05. The van der Waals surface area contributed by atoms with Crippen LogP contribution in [0.2, 0.25) is 0 Å². The first kappa shape index (κ1) is 40.2. The fraction of sp³-hybridized carbons (Fsp3) is 0.741. The van der Waals surface area contributed by atoms with Crippen molar-refractivity contribution in [1.82, 2.24) is 26.6 Å². The van der Waals surface area contributed by atoms with Crippen LogP contribution >= 0.6 is 0 Å². The highest BCUT2D eigenvalue weighted by atomic mass is 16.4. The molecule has 0 rings (SSSR count). The van der Waals surface area contributed by atoms with Crippen molar-refractivity contribution in [1.29, 1.82) is 0 Å². The molecule has 0 radical (unpaired) electrons. The SMILES string of the molecule is CC[C@H](C)[C@H](NC(=O)[C@H](CCC(=O)O)NC(C)=O)C(=O)N[C@H](C(=O)N[C@H](C(=O)N[C@@H](CCCCN)C(=O)O)[C@@H](C)O)[C@@H](C)O. The topological polar surface area (TPSA) is 287 Å². The lowest BCUT2D eigenvalue weighted by atomic mass is 9.96. The fourth-order valence-corrected chi connectivity index (χ4v) is 4.05. The smallest absolute Gasteiger partial charge is 0.326 e. The number of aliphatic carboxylic acids is 2. The van der Waals surface area contributed by atoms with Crippen LogP contribution in [0.4, 0.5) is 0 Å². The van der Waals surface area contributed by atoms with Crippen molar-refractivity contribution in [2.75, 3.05) is 6.54 Å². The number of nitrogens with two attached hydrogens (primary N) is 1. The molecule has 0 heterocycles. The molecule has 5 amide bonds. The predicted octanol–water partition coefficient (Wildman–Crippen LogP) is -2.68. The summed E-state index contributed by atoms with van der Waals surface area (Å²) in [7, 11) is 0. The minimum absolute atomic E-state index is 0.0485. The number of carbonyl (C=O) groups excluding carboxylic acids is 5. The third kappa shape index (κ3) is 14.6. The summed E-state index contributed by atoms with van der Waals surface area (Å²) in [4.78, 5) is 86.4. The van der Waals surface area contributed by atoms with Gasteiger partial charge in [-0.2, -0.15) is 0 Å². The summed E-state index contributed by atoms with van der Waals surface area (Å²) in [5, 5.41) is 50.5. The van der Waals surface area contributed by atoms with Gasteiger partial charge in [0.25, 0.3) is 0 Å². The van der Waals surface area contributed by atoms with Crippen LogP contribution in [0.15, 0.2) is 0 Å². The number of hydrogen-bond donors (Lipinski definition) is 10. The summed E-state index contributed by atoms with van der Waals surface area (Å²) in [6.07, 6.45) is -2.41. The molecule has 0 aromatic rings. The number of rotatable bonds is 21. The molecule has 17 heteroatoms. The van der Waals surface area contributed by atoms with Gasteiger partial charge in [-0.25, -0.2) is 4.79 Å². The molecule has 0 aliphatic heterocycles. The van der Waals surface area contributed by atoms with E-state index in [-0.39, 0.29) is 12.8 Å². The van der Waals surface area contributed by atoms with Gasteiger partial charge >= 0.3 is 11.9 Å². The van der Waals surface area contributed by atoms with E-state index < -0.39 is 96.2 Å². The molecule has 0 aromatic carbocycles. The Hall–Kier alpha value is -3.83. The maximum atomic E-state index is 13.3. The first-order valence-corrected chi connectivity index (χ1v) is 14.5. The van der Waals surface area contributed by atoms with Crippen LogP contribution in [0.1, 0.15) is 73.1 Å². The Bertz CT molecular complexity index is 1010. The lowest BCUT2D eigenvalue weighted by Crippen LogP contribution is -2.63. The number of hydrogen-bond acceptors (Lipinski definition) is 10. The first-order chi connectivity index (χ1) is 20.5. The van der Waals surface area contributed by atoms with Gasteiger partial charge in [-0.05, 0) is 52.0 Å². The normalized spacial score (nSPS) is 16.5. The average molecular weight is 633 g/mol. The van der Waals surface area contributed by atoms with Gasteiger partial charge in [0.1, 0.15) is 30.2 Å². The van der Waals surface area contributed by atoms with Gasteiger partial charge in [0.15, 0.2) is 0 Å². The number of aliphatic hydroxyl groups is 2. The molecular weight excluding hydrogens is 584 g/mol. The summed E-state index contributed by atoms with van der Waals surface area (Å²) in [5.74, 6) is -7.52. The zero-order chi connectivity index (χ0) is 34.1. The Morgan fingerprint density at radius 3 is 1.55 bits per heavy atom. The van der Waals surface area contributed by atoms with Crippen molar-refractivity contribution in [3.05, 3.63) is 0 Å². The van der Waals surface area contributed by atoms with Gasteiger partial charge < -0.3 is 52.7 Å². The maximum absolute atomic E-state index is 13.3. The highest BCUT2D eigenvalue weighted by molar-refractivity contribution is 5.96. The van der Waals surface area contributed by atoms with Crippen molar-refractivity contribution in [3.8, 4) is 0 Å². The van der Waals surface area contributed by atoms with E-state index in [0.29, 0.717) is 25.8 Å². The molecule has 0 saturated heterocycles. The molecular formula is C27H48N6O11. The van der Waals surface area contributed by atoms with E-state index in [0.717, 1.165) is 6.92 Å². The Morgan fingerprint density at radius 1 is 0.659 bits per heavy atom. The van der Waals surface area contributed by atoms with Gasteiger partial charge in [-0.1, -0.05) is 20.3 Å². The van der Waals surface area contributed by atoms with Crippen molar-refractivity contribution < 1.29 is 54.0 Å². The molecule has 0 fully saturated rings. The van der Waals surface area contributed by atoms with Crippen LogP contribution in [0, 0.1) is 5.92 Å². The van der Waals surface area contributed by atoms with E-state index in [4.69, 9.17) is 10.8 Å². The molecule has 0 spiro atoms. The number of amides is 5. The Labute approximate surface area is 256 Å². The van der Waals surface area contributed by atoms with E-state index in [1.165, 1.54) is 13.8 Å². The van der Waals surface area contributed by atoms with Gasteiger partial charge in [-0.15, -0.1) is 0 Å². The second-order valence-corrected chi connectivity index (χ2v) is 10.7. The summed E-state index contributed by atoms with van der Waals surface area (Å²) in [5.41, 5.74) is 5.42. The van der Waals surface area contributed by atoms with Crippen LogP contribution in [-0.2, 0) is 33.6 Å². The van der Waals surface area contributed by atoms with E-state index in [1.807, 2.05) is 0 Å². The zero-order valence-electron chi connectivity index (χ0n) is 25.8. The number of carboxylic acids is 2. The number of aliphatic hydroxyl groups excluding tert-OH is 2. The van der Waals surface area contributed by atoms with Crippen molar-refractivity contribution in [3.63, 3.8) is 0 Å². The molecule has 17 nitrogen and oxygen atoms in total. The van der Waals surface area contributed by atoms with Crippen LogP contribution in [0.25, 0.3) is 0 Å². The van der Waals surface area contributed by atoms with Gasteiger partial charge in [-0.3, -0.25) is 28.8 Å². The highest BCUT2D eigenvalue weighted by Gasteiger charge is 2.36. The van der Waals surface area contributed by atoms with Crippen LogP contribution < -0.4 is 32.3 Å². The van der Waals surface area contributed by atoms with E-state index in [2.05, 4.69) is 26.6 Å². The molecule has 11 N–H and O–H groups in total. The molecule has 0 bridgehead atoms. The lowest BCUT2D eigenvalue weighted by molar-refractivity contribution is -0.143. The quantitative estimate of drug-likeness (QED) is 0.0579. The van der Waals surface area contributed by atoms with Crippen LogP contribution in [-0.4, -0.2) is 111 Å². The van der Waals surface area contributed by atoms with Crippen molar-refractivity contribution >= 4 is 41.5 Å². The van der Waals surface area contributed by atoms with Gasteiger partial charge in [0.2, 0.25) is 29.5 Å². The van der Waals surface area contributed by atoms with Gasteiger partial charge in [0.05, 0.1) is 12.2 Å². The molecule has 0 unspecified atom stereocenters. The molecule has 8 atom stereocenters. The van der Waals surface area contributed by atoms with Crippen molar-refractivity contribution in [2.24, 2.45) is 11.7 Å². The largest absolute Gasteiger partial charge is 0.481 e. The monoisotopic (exact) mass is 632 g/mol. The van der Waals surface area contributed by atoms with E-state index >= 15 is 0 Å². The summed E-state index contributed by atoms with van der Waals surface area (Å²) in [6, 6.07) is -7.22. The second kappa shape index (κ2) is 20.2. The number of unbranched alkanes of at least 4 members (excludes halogenated alkanes) is 1. The molecule has 0 saturated carbocycles. The average Bonchev–Trinajstić information content (AvgIpc) is 2.93. The van der Waals surface area contributed by atoms with E-state index in [1.54, 1.807) is 13.8 Å². The van der Waals surface area contributed by atoms with Crippen molar-refractivity contribution in [2.45, 2.75) is 116 Å². The lowest BCUT2D eigenvalue weighted by Gasteiger charge is -2.30. The molecule has 44 heavy (non-hydrogen) atoms. The maximum Gasteiger partial charge on any atom is 0.326 e. The number of nitrogens with one attached hydrogen (secondary N) is 5.